The van der Waals surface area contributed by atoms with Gasteiger partial charge in [0.15, 0.2) is 6.61 Å². The van der Waals surface area contributed by atoms with E-state index in [0.717, 1.165) is 24.0 Å². The Bertz CT molecular complexity index is 923. The number of ether oxygens (including phenoxy) is 1. The smallest absolute Gasteiger partial charge is 0.260 e. The molecule has 0 saturated carbocycles. The fraction of sp³-hybridized carbons (Fsp3) is 0.522. The third kappa shape index (κ3) is 4.97. The second kappa shape index (κ2) is 9.62. The van der Waals surface area contributed by atoms with E-state index in [1.807, 2.05) is 35.2 Å². The van der Waals surface area contributed by atoms with Crippen molar-refractivity contribution in [2.45, 2.75) is 31.9 Å². The van der Waals surface area contributed by atoms with Gasteiger partial charge in [0, 0.05) is 63.8 Å². The van der Waals surface area contributed by atoms with Gasteiger partial charge in [-0.1, -0.05) is 18.2 Å². The van der Waals surface area contributed by atoms with Gasteiger partial charge in [0.25, 0.3) is 5.91 Å². The fourth-order valence-corrected chi connectivity index (χ4v) is 4.54. The Balaban J connectivity index is 1.32. The van der Waals surface area contributed by atoms with Gasteiger partial charge in [-0.3, -0.25) is 19.5 Å². The molecular formula is C23H30N4O4. The molecule has 3 heterocycles. The largest absolute Gasteiger partial charge is 0.481 e. The van der Waals surface area contributed by atoms with Crippen molar-refractivity contribution >= 4 is 22.7 Å². The summed E-state index contributed by atoms with van der Waals surface area (Å²) < 4.78 is 5.82. The topological polar surface area (TPSA) is 86.2 Å². The molecule has 8 nitrogen and oxygen atoms in total. The highest BCUT2D eigenvalue weighted by atomic mass is 16.5. The zero-order valence-corrected chi connectivity index (χ0v) is 17.9. The van der Waals surface area contributed by atoms with Crippen LogP contribution in [0.2, 0.25) is 0 Å². The Labute approximate surface area is 182 Å². The lowest BCUT2D eigenvalue weighted by molar-refractivity contribution is -0.133. The van der Waals surface area contributed by atoms with Gasteiger partial charge in [-0.15, -0.1) is 0 Å². The van der Waals surface area contributed by atoms with Crippen LogP contribution in [0.1, 0.15) is 19.8 Å². The van der Waals surface area contributed by atoms with Gasteiger partial charge in [-0.05, 0) is 25.0 Å². The number of aliphatic hydroxyl groups is 1. The molecule has 2 aromatic rings. The highest BCUT2D eigenvalue weighted by Crippen LogP contribution is 2.23. The maximum absolute atomic E-state index is 12.8. The van der Waals surface area contributed by atoms with Crippen LogP contribution in [0, 0.1) is 0 Å². The summed E-state index contributed by atoms with van der Waals surface area (Å²) in [5.74, 6) is 0.615. The van der Waals surface area contributed by atoms with Gasteiger partial charge in [-0.25, -0.2) is 0 Å². The lowest BCUT2D eigenvalue weighted by atomic mass is 10.0. The molecule has 0 unspecified atom stereocenters. The number of pyridine rings is 1. The van der Waals surface area contributed by atoms with Gasteiger partial charge in [0.05, 0.1) is 6.10 Å². The number of likely N-dealkylation sites (tertiary alicyclic amines) is 1. The average molecular weight is 427 g/mol. The van der Waals surface area contributed by atoms with Crippen LogP contribution in [0.15, 0.2) is 36.5 Å². The second-order valence-electron chi connectivity index (χ2n) is 8.25. The first-order valence-electron chi connectivity index (χ1n) is 10.9. The van der Waals surface area contributed by atoms with Crippen molar-refractivity contribution in [2.75, 3.05) is 45.9 Å². The number of carbonyl (C=O) groups is 2. The predicted octanol–water partition coefficient (Wildman–Crippen LogP) is 1.13. The standard InChI is InChI=1S/C23H30N4O4/c1-17(28)25-12-14-26(15-13-25)19-7-10-27(11-8-20(19)29)22(30)16-31-21-6-2-4-18-5-3-9-24-23(18)21/h2-6,9,19-20,29H,7-8,10-16H2,1H3/t19-,20-/m0/s1. The van der Waals surface area contributed by atoms with E-state index in [4.69, 9.17) is 4.74 Å². The number of aromatic nitrogens is 1. The molecule has 0 radical (unpaired) electrons. The van der Waals surface area contributed by atoms with Crippen LogP contribution in [-0.4, -0.2) is 94.6 Å². The number of hydrogen-bond donors (Lipinski definition) is 1. The summed E-state index contributed by atoms with van der Waals surface area (Å²) in [4.78, 5) is 34.6. The first kappa shape index (κ1) is 21.5. The number of para-hydroxylation sites is 1. The van der Waals surface area contributed by atoms with Gasteiger partial charge in [0.1, 0.15) is 11.3 Å². The van der Waals surface area contributed by atoms with E-state index in [2.05, 4.69) is 9.88 Å². The number of rotatable bonds is 4. The summed E-state index contributed by atoms with van der Waals surface area (Å²) in [6.07, 6.45) is 2.48. The van der Waals surface area contributed by atoms with E-state index in [9.17, 15) is 14.7 Å². The van der Waals surface area contributed by atoms with Crippen LogP contribution in [-0.2, 0) is 9.59 Å². The molecule has 2 aliphatic heterocycles. The summed E-state index contributed by atoms with van der Waals surface area (Å²) in [5, 5.41) is 11.7. The summed E-state index contributed by atoms with van der Waals surface area (Å²) >= 11 is 0. The zero-order valence-electron chi connectivity index (χ0n) is 17.9. The van der Waals surface area contributed by atoms with Crippen molar-refractivity contribution < 1.29 is 19.4 Å². The maximum Gasteiger partial charge on any atom is 0.260 e. The quantitative estimate of drug-likeness (QED) is 0.789. The van der Waals surface area contributed by atoms with Gasteiger partial charge in [0.2, 0.25) is 5.91 Å². The number of amides is 2. The number of fused-ring (bicyclic) bond motifs is 1. The van der Waals surface area contributed by atoms with Crippen molar-refractivity contribution in [2.24, 2.45) is 0 Å². The minimum absolute atomic E-state index is 0.00935. The minimum atomic E-state index is -0.482. The monoisotopic (exact) mass is 426 g/mol. The first-order valence-corrected chi connectivity index (χ1v) is 10.9. The number of aliphatic hydroxyl groups excluding tert-OH is 1. The highest BCUT2D eigenvalue weighted by Gasteiger charge is 2.33. The fourth-order valence-electron chi connectivity index (χ4n) is 4.54. The Morgan fingerprint density at radius 2 is 1.77 bits per heavy atom. The third-order valence-electron chi connectivity index (χ3n) is 6.36. The molecule has 4 rings (SSSR count). The Morgan fingerprint density at radius 3 is 2.55 bits per heavy atom. The molecule has 8 heteroatoms. The number of hydrogen-bond acceptors (Lipinski definition) is 6. The van der Waals surface area contributed by atoms with Crippen molar-refractivity contribution in [1.82, 2.24) is 19.7 Å². The summed E-state index contributed by atoms with van der Waals surface area (Å²) in [6.45, 7) is 5.54. The molecule has 0 aliphatic carbocycles. The SMILES string of the molecule is CC(=O)N1CCN([C@H]2CCN(C(=O)COc3cccc4cccnc34)CC[C@@H]2O)CC1. The Kier molecular flexibility index (Phi) is 6.67. The van der Waals surface area contributed by atoms with E-state index in [1.165, 1.54) is 0 Å². The molecule has 31 heavy (non-hydrogen) atoms. The van der Waals surface area contributed by atoms with Gasteiger partial charge < -0.3 is 19.6 Å². The molecule has 0 bridgehead atoms. The summed E-state index contributed by atoms with van der Waals surface area (Å²) in [6, 6.07) is 9.52. The number of piperazine rings is 1. The highest BCUT2D eigenvalue weighted by molar-refractivity contribution is 5.85. The third-order valence-corrected chi connectivity index (χ3v) is 6.36. The Morgan fingerprint density at radius 1 is 1.03 bits per heavy atom. The van der Waals surface area contributed by atoms with Gasteiger partial charge >= 0.3 is 0 Å². The van der Waals surface area contributed by atoms with Crippen molar-refractivity contribution in [3.8, 4) is 5.75 Å². The second-order valence-corrected chi connectivity index (χ2v) is 8.25. The maximum atomic E-state index is 12.8. The van der Waals surface area contributed by atoms with Crippen molar-refractivity contribution in [3.63, 3.8) is 0 Å². The lowest BCUT2D eigenvalue weighted by Crippen LogP contribution is -2.54. The molecule has 1 aromatic carbocycles. The lowest BCUT2D eigenvalue weighted by Gasteiger charge is -2.40. The zero-order chi connectivity index (χ0) is 21.8. The molecule has 166 valence electrons. The molecule has 2 saturated heterocycles. The van der Waals surface area contributed by atoms with E-state index in [0.29, 0.717) is 44.8 Å². The van der Waals surface area contributed by atoms with Crippen LogP contribution in [0.4, 0.5) is 0 Å². The summed E-state index contributed by atoms with van der Waals surface area (Å²) in [5.41, 5.74) is 0.744. The van der Waals surface area contributed by atoms with Crippen LogP contribution in [0.25, 0.3) is 10.9 Å². The number of carbonyl (C=O) groups excluding carboxylic acids is 2. The normalized spacial score (nSPS) is 22.9. The van der Waals surface area contributed by atoms with Crippen molar-refractivity contribution in [1.29, 1.82) is 0 Å². The molecule has 1 aromatic heterocycles. The molecule has 2 atom stereocenters. The van der Waals surface area contributed by atoms with Crippen LogP contribution < -0.4 is 4.74 Å². The van der Waals surface area contributed by atoms with Crippen molar-refractivity contribution in [3.05, 3.63) is 36.5 Å². The van der Waals surface area contributed by atoms with Crippen LogP contribution in [0.5, 0.6) is 5.75 Å². The van der Waals surface area contributed by atoms with Crippen LogP contribution in [0.3, 0.4) is 0 Å². The minimum Gasteiger partial charge on any atom is -0.481 e. The molecule has 2 aliphatic rings. The molecular weight excluding hydrogens is 396 g/mol. The van der Waals surface area contributed by atoms with E-state index in [1.54, 1.807) is 18.0 Å². The molecule has 0 spiro atoms. The van der Waals surface area contributed by atoms with Gasteiger partial charge in [-0.2, -0.15) is 0 Å². The van der Waals surface area contributed by atoms with Crippen LogP contribution >= 0.6 is 0 Å². The van der Waals surface area contributed by atoms with E-state index in [-0.39, 0.29) is 24.5 Å². The predicted molar refractivity (Wildman–Crippen MR) is 117 cm³/mol. The summed E-state index contributed by atoms with van der Waals surface area (Å²) in [7, 11) is 0. The van der Waals surface area contributed by atoms with E-state index < -0.39 is 6.10 Å². The Hall–Kier alpha value is -2.71. The molecule has 1 N–H and O–H groups in total. The number of nitrogens with zero attached hydrogens (tertiary/aromatic N) is 4. The molecule has 2 amide bonds. The average Bonchev–Trinajstić information content (AvgIpc) is 2.99. The first-order chi connectivity index (χ1) is 15.0. The number of benzene rings is 1. The molecule has 2 fully saturated rings. The van der Waals surface area contributed by atoms with E-state index >= 15 is 0 Å².